The van der Waals surface area contributed by atoms with Gasteiger partial charge in [-0.3, -0.25) is 4.55 Å². The zero-order valence-corrected chi connectivity index (χ0v) is 9.78. The maximum Gasteiger partial charge on any atom is 0.341 e. The lowest BCUT2D eigenvalue weighted by molar-refractivity contribution is 0.0523. The van der Waals surface area contributed by atoms with E-state index in [9.17, 15) is 17.6 Å². The van der Waals surface area contributed by atoms with Crippen molar-refractivity contribution in [1.82, 2.24) is 0 Å². The quantitative estimate of drug-likeness (QED) is 0.641. The number of rotatable bonds is 4. The number of benzene rings is 1. The Balaban J connectivity index is 2.71. The van der Waals surface area contributed by atoms with Crippen molar-refractivity contribution in [2.45, 2.75) is 0 Å². The highest BCUT2D eigenvalue weighted by molar-refractivity contribution is 7.85. The number of nitrogens with zero attached hydrogens (tertiary/aromatic N) is 1. The summed E-state index contributed by atoms with van der Waals surface area (Å²) in [6.07, 6.45) is 0. The van der Waals surface area contributed by atoms with Gasteiger partial charge in [-0.05, 0) is 18.2 Å². The molecule has 0 heterocycles. The SMILES string of the molecule is N#Cc1ccc(C(=O)OCCS(=O)(=O)O)c(F)c1. The van der Waals surface area contributed by atoms with Crippen molar-refractivity contribution in [3.63, 3.8) is 0 Å². The summed E-state index contributed by atoms with van der Waals surface area (Å²) in [5, 5.41) is 8.50. The standard InChI is InChI=1S/C10H8FNO5S/c11-9-5-7(6-12)1-2-8(9)10(13)17-3-4-18(14,15)16/h1-2,5H,3-4H2,(H,14,15,16). The third-order valence-electron chi connectivity index (χ3n) is 1.89. The third kappa shape index (κ3) is 4.12. The molecule has 0 aliphatic carbocycles. The number of carbonyl (C=O) groups excluding carboxylic acids is 1. The average molecular weight is 273 g/mol. The van der Waals surface area contributed by atoms with Crippen LogP contribution in [0.3, 0.4) is 0 Å². The summed E-state index contributed by atoms with van der Waals surface area (Å²) < 4.78 is 46.9. The fourth-order valence-corrected chi connectivity index (χ4v) is 1.36. The van der Waals surface area contributed by atoms with Crippen LogP contribution in [-0.4, -0.2) is 31.3 Å². The molecule has 0 unspecified atom stereocenters. The van der Waals surface area contributed by atoms with E-state index in [1.807, 2.05) is 0 Å². The zero-order chi connectivity index (χ0) is 13.8. The van der Waals surface area contributed by atoms with E-state index in [0.29, 0.717) is 0 Å². The first-order valence-electron chi connectivity index (χ1n) is 4.65. The highest BCUT2D eigenvalue weighted by Crippen LogP contribution is 2.11. The van der Waals surface area contributed by atoms with E-state index in [4.69, 9.17) is 9.81 Å². The predicted molar refractivity (Wildman–Crippen MR) is 57.8 cm³/mol. The van der Waals surface area contributed by atoms with Crippen LogP contribution in [0.2, 0.25) is 0 Å². The van der Waals surface area contributed by atoms with Gasteiger partial charge in [0.1, 0.15) is 18.2 Å². The summed E-state index contributed by atoms with van der Waals surface area (Å²) in [5.41, 5.74) is -0.369. The Hall–Kier alpha value is -1.98. The Morgan fingerprint density at radius 1 is 1.50 bits per heavy atom. The van der Waals surface area contributed by atoms with Gasteiger partial charge in [0.2, 0.25) is 0 Å². The molecule has 0 atom stereocenters. The molecule has 0 saturated carbocycles. The minimum Gasteiger partial charge on any atom is -0.461 e. The van der Waals surface area contributed by atoms with E-state index < -0.39 is 39.8 Å². The molecule has 0 saturated heterocycles. The Kier molecular flexibility index (Phi) is 4.36. The maximum absolute atomic E-state index is 13.3. The van der Waals surface area contributed by atoms with E-state index in [2.05, 4.69) is 4.74 Å². The van der Waals surface area contributed by atoms with Gasteiger partial charge >= 0.3 is 5.97 Å². The van der Waals surface area contributed by atoms with Crippen molar-refractivity contribution < 1.29 is 26.9 Å². The molecule has 1 aromatic carbocycles. The van der Waals surface area contributed by atoms with E-state index >= 15 is 0 Å². The van der Waals surface area contributed by atoms with Gasteiger partial charge in [-0.15, -0.1) is 0 Å². The minimum atomic E-state index is -4.24. The molecule has 0 aliphatic rings. The maximum atomic E-state index is 13.3. The van der Waals surface area contributed by atoms with Crippen molar-refractivity contribution in [1.29, 1.82) is 5.26 Å². The van der Waals surface area contributed by atoms with E-state index in [1.165, 1.54) is 6.07 Å². The fourth-order valence-electron chi connectivity index (χ4n) is 1.07. The van der Waals surface area contributed by atoms with Crippen LogP contribution in [0, 0.1) is 17.1 Å². The first-order chi connectivity index (χ1) is 8.33. The van der Waals surface area contributed by atoms with Gasteiger partial charge in [-0.1, -0.05) is 0 Å². The lowest BCUT2D eigenvalue weighted by Crippen LogP contribution is -2.15. The molecule has 0 spiro atoms. The molecular weight excluding hydrogens is 265 g/mol. The number of hydrogen-bond donors (Lipinski definition) is 1. The summed E-state index contributed by atoms with van der Waals surface area (Å²) in [6, 6.07) is 4.84. The molecule has 0 bridgehead atoms. The van der Waals surface area contributed by atoms with Crippen LogP contribution in [0.15, 0.2) is 18.2 Å². The molecule has 0 aliphatic heterocycles. The van der Waals surface area contributed by atoms with Gasteiger partial charge in [0.05, 0.1) is 17.2 Å². The second-order valence-electron chi connectivity index (χ2n) is 3.23. The minimum absolute atomic E-state index is 0.0435. The zero-order valence-electron chi connectivity index (χ0n) is 8.96. The second kappa shape index (κ2) is 5.57. The monoisotopic (exact) mass is 273 g/mol. The fraction of sp³-hybridized carbons (Fsp3) is 0.200. The number of esters is 1. The molecule has 1 N–H and O–H groups in total. The van der Waals surface area contributed by atoms with Crippen LogP contribution in [-0.2, 0) is 14.9 Å². The van der Waals surface area contributed by atoms with Gasteiger partial charge in [0, 0.05) is 0 Å². The highest BCUT2D eigenvalue weighted by Gasteiger charge is 2.15. The number of nitriles is 1. The van der Waals surface area contributed by atoms with Gasteiger partial charge < -0.3 is 4.74 Å². The van der Waals surface area contributed by atoms with Gasteiger partial charge in [0.15, 0.2) is 0 Å². The summed E-state index contributed by atoms with van der Waals surface area (Å²) in [4.78, 5) is 11.3. The second-order valence-corrected chi connectivity index (χ2v) is 4.80. The summed E-state index contributed by atoms with van der Waals surface area (Å²) in [6.45, 7) is -0.586. The van der Waals surface area contributed by atoms with Crippen LogP contribution in [0.5, 0.6) is 0 Å². The number of ether oxygens (including phenoxy) is 1. The van der Waals surface area contributed by atoms with Gasteiger partial charge in [0.25, 0.3) is 10.1 Å². The van der Waals surface area contributed by atoms with Crippen LogP contribution in [0.25, 0.3) is 0 Å². The third-order valence-corrected chi connectivity index (χ3v) is 2.58. The average Bonchev–Trinajstić information content (AvgIpc) is 2.26. The molecule has 96 valence electrons. The Bertz CT molecular complexity index is 605. The summed E-state index contributed by atoms with van der Waals surface area (Å²) in [7, 11) is -4.24. The van der Waals surface area contributed by atoms with Crippen molar-refractivity contribution in [3.05, 3.63) is 35.1 Å². The van der Waals surface area contributed by atoms with Crippen LogP contribution in [0.1, 0.15) is 15.9 Å². The van der Waals surface area contributed by atoms with Gasteiger partial charge in [-0.2, -0.15) is 13.7 Å². The summed E-state index contributed by atoms with van der Waals surface area (Å²) >= 11 is 0. The first kappa shape index (κ1) is 14.1. The number of halogens is 1. The molecule has 1 rings (SSSR count). The van der Waals surface area contributed by atoms with Crippen molar-refractivity contribution >= 4 is 16.1 Å². The van der Waals surface area contributed by atoms with Crippen molar-refractivity contribution in [2.24, 2.45) is 0 Å². The molecule has 0 amide bonds. The Labute approximate surface area is 102 Å². The van der Waals surface area contributed by atoms with Gasteiger partial charge in [-0.25, -0.2) is 9.18 Å². The lowest BCUT2D eigenvalue weighted by Gasteiger charge is -2.04. The van der Waals surface area contributed by atoms with Crippen LogP contribution >= 0.6 is 0 Å². The molecular formula is C10H8FNO5S. The molecule has 0 fully saturated rings. The number of carbonyl (C=O) groups is 1. The number of hydrogen-bond acceptors (Lipinski definition) is 5. The first-order valence-corrected chi connectivity index (χ1v) is 6.26. The molecule has 0 aromatic heterocycles. The normalized spacial score (nSPS) is 10.7. The molecule has 8 heteroatoms. The molecule has 6 nitrogen and oxygen atoms in total. The summed E-state index contributed by atoms with van der Waals surface area (Å²) in [5.74, 6) is -2.78. The molecule has 1 aromatic rings. The van der Waals surface area contributed by atoms with Crippen LogP contribution < -0.4 is 0 Å². The largest absolute Gasteiger partial charge is 0.461 e. The van der Waals surface area contributed by atoms with Crippen molar-refractivity contribution in [2.75, 3.05) is 12.4 Å². The Morgan fingerprint density at radius 2 is 2.17 bits per heavy atom. The molecule has 18 heavy (non-hydrogen) atoms. The highest BCUT2D eigenvalue weighted by atomic mass is 32.2. The topological polar surface area (TPSA) is 104 Å². The predicted octanol–water partition coefficient (Wildman–Crippen LogP) is 0.742. The Morgan fingerprint density at radius 3 is 2.67 bits per heavy atom. The lowest BCUT2D eigenvalue weighted by atomic mass is 10.1. The van der Waals surface area contributed by atoms with E-state index in [-0.39, 0.29) is 5.56 Å². The molecule has 0 radical (unpaired) electrons. The smallest absolute Gasteiger partial charge is 0.341 e. The van der Waals surface area contributed by atoms with Crippen molar-refractivity contribution in [3.8, 4) is 6.07 Å². The van der Waals surface area contributed by atoms with Crippen LogP contribution in [0.4, 0.5) is 4.39 Å². The van der Waals surface area contributed by atoms with E-state index in [1.54, 1.807) is 6.07 Å². The van der Waals surface area contributed by atoms with E-state index in [0.717, 1.165) is 12.1 Å².